The van der Waals surface area contributed by atoms with Crippen molar-refractivity contribution in [2.24, 2.45) is 11.8 Å². The van der Waals surface area contributed by atoms with E-state index in [1.165, 1.54) is 0 Å². The molecule has 25 heavy (non-hydrogen) atoms. The SMILES string of the molecule is CC(=O)N1CCCC(C(=O)N2CCN3C(=O)N(CC(C)C)CC3C2)C1. The maximum absolute atomic E-state index is 12.9. The van der Waals surface area contributed by atoms with E-state index in [9.17, 15) is 14.4 Å². The van der Waals surface area contributed by atoms with Crippen molar-refractivity contribution in [3.8, 4) is 0 Å². The molecule has 0 spiro atoms. The fraction of sp³-hybridized carbons (Fsp3) is 0.833. The molecule has 7 nitrogen and oxygen atoms in total. The van der Waals surface area contributed by atoms with Gasteiger partial charge < -0.3 is 19.6 Å². The minimum absolute atomic E-state index is 0.0491. The molecular formula is C18H30N4O3. The van der Waals surface area contributed by atoms with Crippen molar-refractivity contribution in [2.45, 2.75) is 39.7 Å². The Balaban J connectivity index is 1.59. The Hall–Kier alpha value is -1.79. The van der Waals surface area contributed by atoms with Gasteiger partial charge in [0.1, 0.15) is 0 Å². The van der Waals surface area contributed by atoms with E-state index >= 15 is 0 Å². The van der Waals surface area contributed by atoms with Gasteiger partial charge in [-0.2, -0.15) is 0 Å². The van der Waals surface area contributed by atoms with E-state index in [2.05, 4.69) is 13.8 Å². The van der Waals surface area contributed by atoms with Gasteiger partial charge in [-0.05, 0) is 18.8 Å². The Morgan fingerprint density at radius 3 is 2.52 bits per heavy atom. The number of piperidine rings is 1. The van der Waals surface area contributed by atoms with Gasteiger partial charge in [0, 0.05) is 52.7 Å². The summed E-state index contributed by atoms with van der Waals surface area (Å²) in [5.41, 5.74) is 0. The number of fused-ring (bicyclic) bond motifs is 1. The summed E-state index contributed by atoms with van der Waals surface area (Å²) in [6.45, 7) is 10.4. The number of likely N-dealkylation sites (tertiary alicyclic amines) is 1. The van der Waals surface area contributed by atoms with Crippen molar-refractivity contribution in [3.05, 3.63) is 0 Å². The van der Waals surface area contributed by atoms with E-state index in [0.29, 0.717) is 38.6 Å². The van der Waals surface area contributed by atoms with E-state index in [0.717, 1.165) is 25.9 Å². The fourth-order valence-electron chi connectivity index (χ4n) is 4.29. The monoisotopic (exact) mass is 350 g/mol. The second kappa shape index (κ2) is 7.22. The molecule has 0 bridgehead atoms. The molecule has 0 N–H and O–H groups in total. The average Bonchev–Trinajstić information content (AvgIpc) is 2.89. The lowest BCUT2D eigenvalue weighted by Crippen LogP contribution is -2.56. The molecule has 3 heterocycles. The third-order valence-corrected chi connectivity index (χ3v) is 5.54. The minimum atomic E-state index is -0.0897. The second-order valence-electron chi connectivity index (χ2n) is 8.02. The van der Waals surface area contributed by atoms with Crippen LogP contribution in [0.3, 0.4) is 0 Å². The van der Waals surface area contributed by atoms with E-state index in [-0.39, 0.29) is 29.8 Å². The van der Waals surface area contributed by atoms with Crippen molar-refractivity contribution >= 4 is 17.8 Å². The highest BCUT2D eigenvalue weighted by atomic mass is 16.2. The lowest BCUT2D eigenvalue weighted by molar-refractivity contribution is -0.141. The predicted molar refractivity (Wildman–Crippen MR) is 93.9 cm³/mol. The van der Waals surface area contributed by atoms with Gasteiger partial charge in [-0.25, -0.2) is 4.79 Å². The Morgan fingerprint density at radius 2 is 1.84 bits per heavy atom. The first-order valence-electron chi connectivity index (χ1n) is 9.46. The molecule has 3 aliphatic rings. The summed E-state index contributed by atoms with van der Waals surface area (Å²) in [6, 6.07) is 0.225. The molecule has 0 aromatic heterocycles. The molecule has 0 aromatic carbocycles. The number of carbonyl (C=O) groups is 3. The van der Waals surface area contributed by atoms with Crippen LogP contribution in [0.2, 0.25) is 0 Å². The predicted octanol–water partition coefficient (Wildman–Crippen LogP) is 0.849. The summed E-state index contributed by atoms with van der Waals surface area (Å²) >= 11 is 0. The summed E-state index contributed by atoms with van der Waals surface area (Å²) in [5.74, 6) is 0.560. The van der Waals surface area contributed by atoms with Crippen LogP contribution in [0.15, 0.2) is 0 Å². The number of amides is 4. The zero-order valence-electron chi connectivity index (χ0n) is 15.6. The van der Waals surface area contributed by atoms with Crippen LogP contribution in [0.25, 0.3) is 0 Å². The summed E-state index contributed by atoms with van der Waals surface area (Å²) in [4.78, 5) is 44.5. The molecule has 0 aromatic rings. The third kappa shape index (κ3) is 3.75. The molecular weight excluding hydrogens is 320 g/mol. The fourth-order valence-corrected chi connectivity index (χ4v) is 4.29. The van der Waals surface area contributed by atoms with Gasteiger partial charge in [0.15, 0.2) is 0 Å². The largest absolute Gasteiger partial charge is 0.342 e. The molecule has 2 unspecified atom stereocenters. The quantitative estimate of drug-likeness (QED) is 0.758. The summed E-state index contributed by atoms with van der Waals surface area (Å²) < 4.78 is 0. The van der Waals surface area contributed by atoms with Gasteiger partial charge in [-0.3, -0.25) is 9.59 Å². The van der Waals surface area contributed by atoms with Crippen molar-refractivity contribution in [3.63, 3.8) is 0 Å². The highest BCUT2D eigenvalue weighted by Gasteiger charge is 2.42. The Kier molecular flexibility index (Phi) is 5.20. The average molecular weight is 350 g/mol. The topological polar surface area (TPSA) is 64.2 Å². The van der Waals surface area contributed by atoms with Gasteiger partial charge in [0.2, 0.25) is 11.8 Å². The Morgan fingerprint density at radius 1 is 1.08 bits per heavy atom. The number of carbonyl (C=O) groups excluding carboxylic acids is 3. The molecule has 4 amide bonds. The van der Waals surface area contributed by atoms with Crippen LogP contribution in [0, 0.1) is 11.8 Å². The molecule has 3 saturated heterocycles. The number of hydrogen-bond acceptors (Lipinski definition) is 3. The first kappa shape index (κ1) is 18.0. The zero-order valence-corrected chi connectivity index (χ0v) is 15.6. The smallest absolute Gasteiger partial charge is 0.320 e. The summed E-state index contributed by atoms with van der Waals surface area (Å²) in [6.07, 6.45) is 1.74. The number of nitrogens with zero attached hydrogens (tertiary/aromatic N) is 4. The van der Waals surface area contributed by atoms with E-state index < -0.39 is 0 Å². The van der Waals surface area contributed by atoms with Crippen molar-refractivity contribution in [1.29, 1.82) is 0 Å². The molecule has 0 radical (unpaired) electrons. The van der Waals surface area contributed by atoms with E-state index in [4.69, 9.17) is 0 Å². The van der Waals surface area contributed by atoms with E-state index in [1.54, 1.807) is 11.8 Å². The van der Waals surface area contributed by atoms with Crippen LogP contribution in [0.1, 0.15) is 33.6 Å². The van der Waals surface area contributed by atoms with Crippen LogP contribution in [0.4, 0.5) is 4.79 Å². The van der Waals surface area contributed by atoms with Gasteiger partial charge in [-0.15, -0.1) is 0 Å². The lowest BCUT2D eigenvalue weighted by Gasteiger charge is -2.40. The third-order valence-electron chi connectivity index (χ3n) is 5.54. The number of urea groups is 1. The molecule has 0 saturated carbocycles. The summed E-state index contributed by atoms with van der Waals surface area (Å²) in [5, 5.41) is 0. The molecule has 2 atom stereocenters. The van der Waals surface area contributed by atoms with Gasteiger partial charge in [0.25, 0.3) is 0 Å². The standard InChI is InChI=1S/C18H30N4O3/c1-13(2)9-21-12-16-11-20(7-8-22(16)18(21)25)17(24)15-5-4-6-19(10-15)14(3)23/h13,15-16H,4-12H2,1-3H3. The first-order chi connectivity index (χ1) is 11.9. The maximum Gasteiger partial charge on any atom is 0.320 e. The zero-order chi connectivity index (χ0) is 18.1. The van der Waals surface area contributed by atoms with Crippen molar-refractivity contribution < 1.29 is 14.4 Å². The molecule has 140 valence electrons. The Labute approximate surface area is 149 Å². The number of hydrogen-bond donors (Lipinski definition) is 0. The molecule has 3 aliphatic heterocycles. The lowest BCUT2D eigenvalue weighted by atomic mass is 9.95. The Bertz CT molecular complexity index is 550. The first-order valence-corrected chi connectivity index (χ1v) is 9.46. The molecule has 7 heteroatoms. The summed E-state index contributed by atoms with van der Waals surface area (Å²) in [7, 11) is 0. The van der Waals surface area contributed by atoms with Gasteiger partial charge >= 0.3 is 6.03 Å². The van der Waals surface area contributed by atoms with Crippen LogP contribution in [0.5, 0.6) is 0 Å². The highest BCUT2D eigenvalue weighted by Crippen LogP contribution is 2.25. The van der Waals surface area contributed by atoms with Crippen LogP contribution >= 0.6 is 0 Å². The van der Waals surface area contributed by atoms with Crippen LogP contribution < -0.4 is 0 Å². The molecule has 3 fully saturated rings. The van der Waals surface area contributed by atoms with Crippen molar-refractivity contribution in [1.82, 2.24) is 19.6 Å². The van der Waals surface area contributed by atoms with Crippen LogP contribution in [-0.2, 0) is 9.59 Å². The number of piperazine rings is 1. The highest BCUT2D eigenvalue weighted by molar-refractivity contribution is 5.82. The molecule has 0 aliphatic carbocycles. The second-order valence-corrected chi connectivity index (χ2v) is 8.02. The normalized spacial score (nSPS) is 27.1. The van der Waals surface area contributed by atoms with E-state index in [1.807, 2.05) is 14.7 Å². The van der Waals surface area contributed by atoms with Gasteiger partial charge in [0.05, 0.1) is 12.0 Å². The maximum atomic E-state index is 12.9. The number of rotatable bonds is 3. The van der Waals surface area contributed by atoms with Crippen molar-refractivity contribution in [2.75, 3.05) is 45.8 Å². The minimum Gasteiger partial charge on any atom is -0.342 e. The van der Waals surface area contributed by atoms with Gasteiger partial charge in [-0.1, -0.05) is 13.8 Å². The molecule has 3 rings (SSSR count). The van der Waals surface area contributed by atoms with Crippen LogP contribution in [-0.4, -0.2) is 89.3 Å².